The van der Waals surface area contributed by atoms with Crippen molar-refractivity contribution in [2.24, 2.45) is 0 Å². The quantitative estimate of drug-likeness (QED) is 0.852. The Morgan fingerprint density at radius 1 is 0.818 bits per heavy atom. The normalized spacial score (nSPS) is 10.1. The summed E-state index contributed by atoms with van der Waals surface area (Å²) in [5.74, 6) is -1.29. The molecule has 0 radical (unpaired) electrons. The maximum Gasteiger partial charge on any atom is 0.309 e. The first-order chi connectivity index (χ1) is 10.5. The number of hydrogen-bond acceptors (Lipinski definition) is 2. The monoisotopic (exact) mass is 316 g/mol. The van der Waals surface area contributed by atoms with Gasteiger partial charge < -0.3 is 10.6 Å². The number of hydrogen-bond donors (Lipinski definition) is 2. The zero-order chi connectivity index (χ0) is 15.9. The lowest BCUT2D eigenvalue weighted by Gasteiger charge is -2.07. The third-order valence-electron chi connectivity index (χ3n) is 3.15. The molecule has 2 aromatic carbocycles. The van der Waals surface area contributed by atoms with E-state index in [0.29, 0.717) is 11.6 Å². The Balaban J connectivity index is 1.78. The fourth-order valence-electron chi connectivity index (χ4n) is 1.83. The fourth-order valence-corrected chi connectivity index (χ4v) is 1.96. The average molecular weight is 317 g/mol. The van der Waals surface area contributed by atoms with Gasteiger partial charge in [-0.2, -0.15) is 0 Å². The van der Waals surface area contributed by atoms with E-state index in [-0.39, 0.29) is 6.54 Å². The summed E-state index contributed by atoms with van der Waals surface area (Å²) in [4.78, 5) is 23.4. The SMILES string of the molecule is Cc1ccc(CNC(=O)C(=O)NCc2ccc(Cl)cc2)cc1. The number of aryl methyl sites for hydroxylation is 1. The third kappa shape index (κ3) is 4.90. The summed E-state index contributed by atoms with van der Waals surface area (Å²) in [6.07, 6.45) is 0. The molecule has 2 aromatic rings. The second-order valence-electron chi connectivity index (χ2n) is 4.98. The molecular weight excluding hydrogens is 300 g/mol. The first kappa shape index (κ1) is 16.0. The lowest BCUT2D eigenvalue weighted by atomic mass is 10.1. The summed E-state index contributed by atoms with van der Waals surface area (Å²) < 4.78 is 0. The molecule has 5 heteroatoms. The lowest BCUT2D eigenvalue weighted by Crippen LogP contribution is -2.39. The van der Waals surface area contributed by atoms with Crippen molar-refractivity contribution in [3.05, 3.63) is 70.2 Å². The molecule has 0 spiro atoms. The van der Waals surface area contributed by atoms with Crippen molar-refractivity contribution in [3.63, 3.8) is 0 Å². The van der Waals surface area contributed by atoms with E-state index in [9.17, 15) is 9.59 Å². The molecule has 0 unspecified atom stereocenters. The Hall–Kier alpha value is -2.33. The highest BCUT2D eigenvalue weighted by Crippen LogP contribution is 2.09. The highest BCUT2D eigenvalue weighted by Gasteiger charge is 2.12. The van der Waals surface area contributed by atoms with Crippen LogP contribution in [-0.4, -0.2) is 11.8 Å². The van der Waals surface area contributed by atoms with Crippen LogP contribution in [0.3, 0.4) is 0 Å². The lowest BCUT2D eigenvalue weighted by molar-refractivity contribution is -0.139. The molecular formula is C17H17ClN2O2. The Bertz CT molecular complexity index is 592. The van der Waals surface area contributed by atoms with Crippen LogP contribution in [0.15, 0.2) is 48.5 Å². The van der Waals surface area contributed by atoms with Crippen LogP contribution in [0.1, 0.15) is 16.7 Å². The molecule has 0 aliphatic rings. The van der Waals surface area contributed by atoms with E-state index in [1.54, 1.807) is 24.3 Å². The Kier molecular flexibility index (Phi) is 5.55. The van der Waals surface area contributed by atoms with Gasteiger partial charge in [0.15, 0.2) is 0 Å². The number of amides is 2. The molecule has 4 nitrogen and oxygen atoms in total. The Labute approximate surface area is 134 Å². The molecule has 0 heterocycles. The van der Waals surface area contributed by atoms with Gasteiger partial charge in [0.1, 0.15) is 0 Å². The molecule has 0 aliphatic heterocycles. The van der Waals surface area contributed by atoms with Crippen LogP contribution in [0.5, 0.6) is 0 Å². The van der Waals surface area contributed by atoms with E-state index < -0.39 is 11.8 Å². The molecule has 114 valence electrons. The van der Waals surface area contributed by atoms with E-state index in [2.05, 4.69) is 10.6 Å². The molecule has 0 saturated carbocycles. The number of carbonyl (C=O) groups excluding carboxylic acids is 2. The minimum absolute atomic E-state index is 0.286. The van der Waals surface area contributed by atoms with Crippen LogP contribution in [0.25, 0.3) is 0 Å². The van der Waals surface area contributed by atoms with Crippen molar-refractivity contribution in [2.45, 2.75) is 20.0 Å². The van der Waals surface area contributed by atoms with Crippen molar-refractivity contribution >= 4 is 23.4 Å². The van der Waals surface area contributed by atoms with Crippen molar-refractivity contribution in [3.8, 4) is 0 Å². The smallest absolute Gasteiger partial charge is 0.309 e. The zero-order valence-corrected chi connectivity index (χ0v) is 13.0. The number of rotatable bonds is 4. The summed E-state index contributed by atoms with van der Waals surface area (Å²) in [6.45, 7) is 2.61. The minimum atomic E-state index is -0.651. The molecule has 0 atom stereocenters. The second-order valence-corrected chi connectivity index (χ2v) is 5.41. The standard InChI is InChI=1S/C17H17ClN2O2/c1-12-2-4-13(5-3-12)10-19-16(21)17(22)20-11-14-6-8-15(18)9-7-14/h2-9H,10-11H2,1H3,(H,19,21)(H,20,22). The number of nitrogens with one attached hydrogen (secondary N) is 2. The molecule has 22 heavy (non-hydrogen) atoms. The van der Waals surface area contributed by atoms with E-state index >= 15 is 0 Å². The topological polar surface area (TPSA) is 58.2 Å². The molecule has 2 amide bonds. The number of carbonyl (C=O) groups is 2. The van der Waals surface area contributed by atoms with Crippen LogP contribution in [-0.2, 0) is 22.7 Å². The van der Waals surface area contributed by atoms with E-state index in [4.69, 9.17) is 11.6 Å². The summed E-state index contributed by atoms with van der Waals surface area (Å²) in [5.41, 5.74) is 2.98. The first-order valence-corrected chi connectivity index (χ1v) is 7.28. The Morgan fingerprint density at radius 3 is 1.68 bits per heavy atom. The molecule has 0 aromatic heterocycles. The second kappa shape index (κ2) is 7.61. The van der Waals surface area contributed by atoms with Gasteiger partial charge >= 0.3 is 11.8 Å². The average Bonchev–Trinajstić information content (AvgIpc) is 2.53. The molecule has 2 rings (SSSR count). The molecule has 0 saturated heterocycles. The predicted molar refractivity (Wildman–Crippen MR) is 86.3 cm³/mol. The summed E-state index contributed by atoms with van der Waals surface area (Å²) in [6, 6.07) is 14.8. The summed E-state index contributed by atoms with van der Waals surface area (Å²) in [7, 11) is 0. The molecule has 0 fully saturated rings. The molecule has 2 N–H and O–H groups in total. The zero-order valence-electron chi connectivity index (χ0n) is 12.2. The van der Waals surface area contributed by atoms with E-state index in [1.807, 2.05) is 31.2 Å². The van der Waals surface area contributed by atoms with Gasteiger partial charge in [0.2, 0.25) is 0 Å². The van der Waals surface area contributed by atoms with Crippen LogP contribution < -0.4 is 10.6 Å². The van der Waals surface area contributed by atoms with Crippen LogP contribution in [0.4, 0.5) is 0 Å². The van der Waals surface area contributed by atoms with Gasteiger partial charge in [-0.25, -0.2) is 0 Å². The summed E-state index contributed by atoms with van der Waals surface area (Å²) >= 11 is 5.78. The van der Waals surface area contributed by atoms with Crippen molar-refractivity contribution in [2.75, 3.05) is 0 Å². The Morgan fingerprint density at radius 2 is 1.23 bits per heavy atom. The summed E-state index contributed by atoms with van der Waals surface area (Å²) in [5, 5.41) is 5.79. The maximum absolute atomic E-state index is 11.7. The molecule has 0 bridgehead atoms. The van der Waals surface area contributed by atoms with E-state index in [0.717, 1.165) is 16.7 Å². The maximum atomic E-state index is 11.7. The number of halogens is 1. The van der Waals surface area contributed by atoms with Gasteiger partial charge in [-0.3, -0.25) is 9.59 Å². The van der Waals surface area contributed by atoms with Crippen LogP contribution >= 0.6 is 11.6 Å². The van der Waals surface area contributed by atoms with Crippen molar-refractivity contribution < 1.29 is 9.59 Å². The highest BCUT2D eigenvalue weighted by molar-refractivity contribution is 6.35. The largest absolute Gasteiger partial charge is 0.344 e. The van der Waals surface area contributed by atoms with Crippen LogP contribution in [0, 0.1) is 6.92 Å². The number of benzene rings is 2. The predicted octanol–water partition coefficient (Wildman–Crippen LogP) is 2.58. The van der Waals surface area contributed by atoms with Gasteiger partial charge in [-0.05, 0) is 30.2 Å². The van der Waals surface area contributed by atoms with Gasteiger partial charge in [0, 0.05) is 18.1 Å². The van der Waals surface area contributed by atoms with Gasteiger partial charge in [0.05, 0.1) is 0 Å². The van der Waals surface area contributed by atoms with Crippen molar-refractivity contribution in [1.82, 2.24) is 10.6 Å². The third-order valence-corrected chi connectivity index (χ3v) is 3.40. The fraction of sp³-hybridized carbons (Fsp3) is 0.176. The van der Waals surface area contributed by atoms with Gasteiger partial charge in [0.25, 0.3) is 0 Å². The van der Waals surface area contributed by atoms with Gasteiger partial charge in [-0.15, -0.1) is 0 Å². The van der Waals surface area contributed by atoms with Gasteiger partial charge in [-0.1, -0.05) is 53.6 Å². The molecule has 0 aliphatic carbocycles. The van der Waals surface area contributed by atoms with Crippen LogP contribution in [0.2, 0.25) is 5.02 Å². The van der Waals surface area contributed by atoms with Crippen molar-refractivity contribution in [1.29, 1.82) is 0 Å². The first-order valence-electron chi connectivity index (χ1n) is 6.90. The van der Waals surface area contributed by atoms with E-state index in [1.165, 1.54) is 0 Å². The minimum Gasteiger partial charge on any atom is -0.344 e. The highest BCUT2D eigenvalue weighted by atomic mass is 35.5.